The molecule has 0 aliphatic carbocycles. The summed E-state index contributed by atoms with van der Waals surface area (Å²) >= 11 is 12.1. The summed E-state index contributed by atoms with van der Waals surface area (Å²) in [5.74, 6) is 0.682. The fourth-order valence-electron chi connectivity index (χ4n) is 4.33. The van der Waals surface area contributed by atoms with Crippen molar-refractivity contribution in [2.45, 2.75) is 12.5 Å². The molecule has 0 unspecified atom stereocenters. The van der Waals surface area contributed by atoms with E-state index >= 15 is 0 Å². The molecule has 0 aliphatic heterocycles. The first-order valence-corrected chi connectivity index (χ1v) is 12.3. The predicted octanol–water partition coefficient (Wildman–Crippen LogP) is 7.67. The van der Waals surface area contributed by atoms with Gasteiger partial charge in [-0.05, 0) is 47.0 Å². The Bertz CT molecular complexity index is 1420. The summed E-state index contributed by atoms with van der Waals surface area (Å²) < 4.78 is 2.16. The third-order valence-corrected chi connectivity index (χ3v) is 6.37. The maximum Gasteiger partial charge on any atom is 0.255 e. The number of benzene rings is 4. The third-order valence-electron chi connectivity index (χ3n) is 5.93. The lowest BCUT2D eigenvalue weighted by Crippen LogP contribution is -2.13. The average Bonchev–Trinajstić information content (AvgIpc) is 3.32. The monoisotopic (exact) mass is 511 g/mol. The zero-order chi connectivity index (χ0) is 24.9. The molecule has 0 radical (unpaired) electrons. The van der Waals surface area contributed by atoms with E-state index in [0.717, 1.165) is 11.4 Å². The quantitative estimate of drug-likeness (QED) is 0.243. The van der Waals surface area contributed by atoms with Crippen LogP contribution in [0, 0.1) is 0 Å². The van der Waals surface area contributed by atoms with E-state index in [2.05, 4.69) is 58.4 Å². The molecule has 1 heterocycles. The van der Waals surface area contributed by atoms with Crippen LogP contribution in [-0.2, 0) is 6.54 Å². The Morgan fingerprint density at radius 1 is 0.806 bits per heavy atom. The molecule has 1 amide bonds. The van der Waals surface area contributed by atoms with E-state index in [1.165, 1.54) is 11.1 Å². The molecule has 5 aromatic rings. The second-order valence-corrected chi connectivity index (χ2v) is 9.35. The molecular weight excluding hydrogens is 489 g/mol. The minimum absolute atomic E-state index is 0.00198. The second-order valence-electron chi connectivity index (χ2n) is 8.48. The Hall–Kier alpha value is -3.86. The minimum Gasteiger partial charge on any atom is -0.330 e. The van der Waals surface area contributed by atoms with Crippen LogP contribution in [0.25, 0.3) is 0 Å². The van der Waals surface area contributed by atoms with Crippen LogP contribution in [0.15, 0.2) is 116 Å². The van der Waals surface area contributed by atoms with Crippen molar-refractivity contribution in [1.82, 2.24) is 9.55 Å². The van der Waals surface area contributed by atoms with Crippen molar-refractivity contribution in [3.8, 4) is 0 Å². The standard InChI is InChI=1S/C30H23Cl2N3O/c31-25-17-24(18-26(32)19-25)30(36)34-27-13-7-8-21(16-27)20-35-15-14-33-29(35)28(22-9-3-1-4-10-22)23-11-5-2-6-12-23/h1-19,28H,20H2,(H,34,36). The molecule has 0 spiro atoms. The molecule has 6 heteroatoms. The Kier molecular flexibility index (Phi) is 7.17. The smallest absolute Gasteiger partial charge is 0.255 e. The molecule has 4 nitrogen and oxygen atoms in total. The van der Waals surface area contributed by atoms with Gasteiger partial charge in [-0.2, -0.15) is 0 Å². The lowest BCUT2D eigenvalue weighted by molar-refractivity contribution is 0.102. The number of amides is 1. The van der Waals surface area contributed by atoms with Gasteiger partial charge < -0.3 is 9.88 Å². The SMILES string of the molecule is O=C(Nc1cccc(Cn2ccnc2C(c2ccccc2)c2ccccc2)c1)c1cc(Cl)cc(Cl)c1. The van der Waals surface area contributed by atoms with Gasteiger partial charge in [0, 0.05) is 40.2 Å². The Morgan fingerprint density at radius 2 is 1.44 bits per heavy atom. The maximum atomic E-state index is 12.8. The van der Waals surface area contributed by atoms with Gasteiger partial charge in [-0.15, -0.1) is 0 Å². The number of nitrogens with zero attached hydrogens (tertiary/aromatic N) is 2. The van der Waals surface area contributed by atoms with E-state index in [0.29, 0.717) is 27.8 Å². The van der Waals surface area contributed by atoms with Gasteiger partial charge in [0.1, 0.15) is 5.82 Å². The van der Waals surface area contributed by atoms with E-state index in [4.69, 9.17) is 28.2 Å². The summed E-state index contributed by atoms with van der Waals surface area (Å²) in [5.41, 5.74) is 4.49. The highest BCUT2D eigenvalue weighted by molar-refractivity contribution is 6.35. The number of rotatable bonds is 7. The molecule has 1 N–H and O–H groups in total. The number of imidazole rings is 1. The van der Waals surface area contributed by atoms with Gasteiger partial charge in [0.05, 0.1) is 5.92 Å². The van der Waals surface area contributed by atoms with Gasteiger partial charge in [0.15, 0.2) is 0 Å². The lowest BCUT2D eigenvalue weighted by atomic mass is 9.90. The highest BCUT2D eigenvalue weighted by atomic mass is 35.5. The van der Waals surface area contributed by atoms with E-state index in [-0.39, 0.29) is 11.8 Å². The van der Waals surface area contributed by atoms with Gasteiger partial charge >= 0.3 is 0 Å². The minimum atomic E-state index is -0.270. The number of carbonyl (C=O) groups is 1. The third kappa shape index (κ3) is 5.51. The van der Waals surface area contributed by atoms with E-state index < -0.39 is 0 Å². The molecule has 0 bridgehead atoms. The molecule has 1 aromatic heterocycles. The predicted molar refractivity (Wildman–Crippen MR) is 146 cm³/mol. The molecule has 178 valence electrons. The van der Waals surface area contributed by atoms with Crippen molar-refractivity contribution in [2.24, 2.45) is 0 Å². The van der Waals surface area contributed by atoms with Crippen molar-refractivity contribution in [1.29, 1.82) is 0 Å². The Balaban J connectivity index is 1.41. The fraction of sp³-hybridized carbons (Fsp3) is 0.0667. The number of hydrogen-bond acceptors (Lipinski definition) is 2. The van der Waals surface area contributed by atoms with E-state index in [1.807, 2.05) is 48.8 Å². The number of halogens is 2. The van der Waals surface area contributed by atoms with Crippen molar-refractivity contribution >= 4 is 34.8 Å². The molecule has 0 aliphatic rings. The first-order chi connectivity index (χ1) is 17.6. The van der Waals surface area contributed by atoms with Crippen molar-refractivity contribution < 1.29 is 4.79 Å². The number of carbonyl (C=O) groups excluding carboxylic acids is 1. The molecule has 5 rings (SSSR count). The van der Waals surface area contributed by atoms with Crippen molar-refractivity contribution in [2.75, 3.05) is 5.32 Å². The normalized spacial score (nSPS) is 11.0. The van der Waals surface area contributed by atoms with Crippen LogP contribution in [0.5, 0.6) is 0 Å². The Morgan fingerprint density at radius 3 is 2.08 bits per heavy atom. The molecule has 0 saturated carbocycles. The first kappa shape index (κ1) is 23.9. The van der Waals surface area contributed by atoms with Crippen molar-refractivity contribution in [3.05, 3.63) is 154 Å². The molecule has 0 saturated heterocycles. The van der Waals surface area contributed by atoms with Crippen LogP contribution < -0.4 is 5.32 Å². The number of aromatic nitrogens is 2. The summed E-state index contributed by atoms with van der Waals surface area (Å²) in [7, 11) is 0. The Labute approximate surface area is 220 Å². The first-order valence-electron chi connectivity index (χ1n) is 11.5. The second kappa shape index (κ2) is 10.8. The lowest BCUT2D eigenvalue weighted by Gasteiger charge is -2.20. The highest BCUT2D eigenvalue weighted by Crippen LogP contribution is 2.31. The van der Waals surface area contributed by atoms with Crippen molar-refractivity contribution in [3.63, 3.8) is 0 Å². The number of nitrogens with one attached hydrogen (secondary N) is 1. The van der Waals surface area contributed by atoms with E-state index in [9.17, 15) is 4.79 Å². The highest BCUT2D eigenvalue weighted by Gasteiger charge is 2.21. The molecule has 0 fully saturated rings. The summed E-state index contributed by atoms with van der Waals surface area (Å²) in [6, 6.07) is 33.4. The zero-order valence-electron chi connectivity index (χ0n) is 19.3. The molecule has 36 heavy (non-hydrogen) atoms. The van der Waals surface area contributed by atoms with Gasteiger partial charge in [-0.3, -0.25) is 4.79 Å². The van der Waals surface area contributed by atoms with Gasteiger partial charge in [0.25, 0.3) is 5.91 Å². The number of anilines is 1. The van der Waals surface area contributed by atoms with Crippen LogP contribution in [0.4, 0.5) is 5.69 Å². The summed E-state index contributed by atoms with van der Waals surface area (Å²) in [6.07, 6.45) is 3.83. The fourth-order valence-corrected chi connectivity index (χ4v) is 4.85. The molecule has 0 atom stereocenters. The summed E-state index contributed by atoms with van der Waals surface area (Å²) in [4.78, 5) is 17.5. The molecule has 4 aromatic carbocycles. The topological polar surface area (TPSA) is 46.9 Å². The van der Waals surface area contributed by atoms with E-state index in [1.54, 1.807) is 18.2 Å². The van der Waals surface area contributed by atoms with Crippen LogP contribution >= 0.6 is 23.2 Å². The van der Waals surface area contributed by atoms with Crippen LogP contribution in [0.1, 0.15) is 38.8 Å². The van der Waals surface area contributed by atoms with Gasteiger partial charge in [-0.1, -0.05) is 96.0 Å². The van der Waals surface area contributed by atoms with Crippen LogP contribution in [0.3, 0.4) is 0 Å². The number of hydrogen-bond donors (Lipinski definition) is 1. The molecular formula is C30H23Cl2N3O. The largest absolute Gasteiger partial charge is 0.330 e. The average molecular weight is 512 g/mol. The maximum absolute atomic E-state index is 12.8. The zero-order valence-corrected chi connectivity index (χ0v) is 20.8. The summed E-state index contributed by atoms with van der Waals surface area (Å²) in [6.45, 7) is 0.609. The van der Waals surface area contributed by atoms with Crippen LogP contribution in [-0.4, -0.2) is 15.5 Å². The van der Waals surface area contributed by atoms with Gasteiger partial charge in [0.2, 0.25) is 0 Å². The van der Waals surface area contributed by atoms with Crippen LogP contribution in [0.2, 0.25) is 10.0 Å². The summed E-state index contributed by atoms with van der Waals surface area (Å²) in [5, 5.41) is 3.77. The van der Waals surface area contributed by atoms with Gasteiger partial charge in [-0.25, -0.2) is 4.98 Å².